The maximum absolute atomic E-state index is 12.8. The molecule has 3 heterocycles. The second kappa shape index (κ2) is 13.3. The van der Waals surface area contributed by atoms with Crippen molar-refractivity contribution in [3.8, 4) is 0 Å². The molecule has 0 N–H and O–H groups in total. The predicted molar refractivity (Wildman–Crippen MR) is 136 cm³/mol. The van der Waals surface area contributed by atoms with Crippen molar-refractivity contribution in [1.82, 2.24) is 4.90 Å². The summed E-state index contributed by atoms with van der Waals surface area (Å²) in [5.74, 6) is 1.67. The lowest BCUT2D eigenvalue weighted by atomic mass is 10.1. The van der Waals surface area contributed by atoms with Crippen molar-refractivity contribution in [1.29, 1.82) is 0 Å². The Kier molecular flexibility index (Phi) is 10.5. The van der Waals surface area contributed by atoms with Crippen LogP contribution in [0.3, 0.4) is 0 Å². The Morgan fingerprint density at radius 3 is 2.29 bits per heavy atom. The van der Waals surface area contributed by atoms with Gasteiger partial charge in [0.25, 0.3) is 5.91 Å². The summed E-state index contributed by atoms with van der Waals surface area (Å²) in [6, 6.07) is 3.97. The molecule has 2 fully saturated rings. The van der Waals surface area contributed by atoms with E-state index in [0.717, 1.165) is 37.7 Å². The first kappa shape index (κ1) is 24.4. The number of piperidine rings is 1. The van der Waals surface area contributed by atoms with Crippen molar-refractivity contribution in [3.63, 3.8) is 0 Å². The maximum atomic E-state index is 12.8. The number of thiocarbonyl (C=S) groups is 1. The smallest absolute Gasteiger partial charge is 0.266 e. The van der Waals surface area contributed by atoms with Gasteiger partial charge in [-0.15, -0.1) is 0 Å². The van der Waals surface area contributed by atoms with E-state index in [1.54, 1.807) is 4.90 Å². The summed E-state index contributed by atoms with van der Waals surface area (Å²) in [4.78, 5) is 17.6. The summed E-state index contributed by atoms with van der Waals surface area (Å²) < 4.78 is 6.67. The standard InChI is InChI=1S/C25H38N2O2S2/c1-2-3-4-5-6-7-8-9-10-14-19-27-24(28)22(31-25(27)30)20-21-15-16-23(29-21)26-17-12-11-13-18-26/h15-16,20H,2-14,17-19H2,1H3/b22-20-. The molecule has 0 atom stereocenters. The molecule has 31 heavy (non-hydrogen) atoms. The van der Waals surface area contributed by atoms with Crippen LogP contribution in [-0.2, 0) is 4.79 Å². The zero-order valence-corrected chi connectivity index (χ0v) is 20.7. The number of hydrogen-bond acceptors (Lipinski definition) is 5. The number of carbonyl (C=O) groups is 1. The number of hydrogen-bond donors (Lipinski definition) is 0. The molecule has 0 saturated carbocycles. The molecule has 6 heteroatoms. The maximum Gasteiger partial charge on any atom is 0.266 e. The molecular formula is C25H38N2O2S2. The molecule has 1 aromatic heterocycles. The Morgan fingerprint density at radius 2 is 1.61 bits per heavy atom. The Hall–Kier alpha value is -1.27. The van der Waals surface area contributed by atoms with Gasteiger partial charge in [-0.1, -0.05) is 88.7 Å². The monoisotopic (exact) mass is 462 g/mol. The van der Waals surface area contributed by atoms with Crippen molar-refractivity contribution < 1.29 is 9.21 Å². The first-order valence-corrected chi connectivity index (χ1v) is 13.5. The van der Waals surface area contributed by atoms with Crippen LogP contribution in [0.1, 0.15) is 96.2 Å². The van der Waals surface area contributed by atoms with E-state index in [4.69, 9.17) is 16.6 Å². The van der Waals surface area contributed by atoms with E-state index in [0.29, 0.717) is 9.23 Å². The third-order valence-corrected chi connectivity index (χ3v) is 7.54. The summed E-state index contributed by atoms with van der Waals surface area (Å²) in [5, 5.41) is 0. The molecule has 0 unspecified atom stereocenters. The lowest BCUT2D eigenvalue weighted by Crippen LogP contribution is -2.29. The van der Waals surface area contributed by atoms with Gasteiger partial charge in [-0.3, -0.25) is 9.69 Å². The van der Waals surface area contributed by atoms with Gasteiger partial charge in [0.05, 0.1) is 4.91 Å². The van der Waals surface area contributed by atoms with Gasteiger partial charge in [-0.25, -0.2) is 0 Å². The summed E-state index contributed by atoms with van der Waals surface area (Å²) in [7, 11) is 0. The minimum absolute atomic E-state index is 0.0295. The van der Waals surface area contributed by atoms with E-state index in [1.807, 2.05) is 18.2 Å². The molecule has 0 bridgehead atoms. The van der Waals surface area contributed by atoms with Crippen LogP contribution in [0.5, 0.6) is 0 Å². The van der Waals surface area contributed by atoms with Gasteiger partial charge >= 0.3 is 0 Å². The third kappa shape index (κ3) is 7.67. The van der Waals surface area contributed by atoms with Crippen LogP contribution in [0.4, 0.5) is 5.88 Å². The van der Waals surface area contributed by atoms with Crippen LogP contribution in [0.2, 0.25) is 0 Å². The van der Waals surface area contributed by atoms with E-state index in [9.17, 15) is 4.79 Å². The van der Waals surface area contributed by atoms with Crippen LogP contribution in [0.25, 0.3) is 6.08 Å². The zero-order chi connectivity index (χ0) is 21.9. The molecule has 1 aromatic rings. The second-order valence-electron chi connectivity index (χ2n) is 8.74. The molecule has 2 saturated heterocycles. The highest BCUT2D eigenvalue weighted by Crippen LogP contribution is 2.34. The lowest BCUT2D eigenvalue weighted by molar-refractivity contribution is -0.122. The fraction of sp³-hybridized carbons (Fsp3) is 0.680. The van der Waals surface area contributed by atoms with E-state index >= 15 is 0 Å². The second-order valence-corrected chi connectivity index (χ2v) is 10.4. The minimum Gasteiger partial charge on any atom is -0.441 e. The quantitative estimate of drug-likeness (QED) is 0.173. The Bertz CT molecular complexity index is 738. The first-order valence-electron chi connectivity index (χ1n) is 12.3. The third-order valence-electron chi connectivity index (χ3n) is 6.16. The molecule has 172 valence electrons. The topological polar surface area (TPSA) is 36.7 Å². The fourth-order valence-corrected chi connectivity index (χ4v) is 5.57. The average molecular weight is 463 g/mol. The molecule has 1 amide bonds. The normalized spacial score (nSPS) is 18.5. The van der Waals surface area contributed by atoms with Gasteiger partial charge in [0.2, 0.25) is 0 Å². The number of unbranched alkanes of at least 4 members (excludes halogenated alkanes) is 9. The Labute approximate surface area is 197 Å². The van der Waals surface area contributed by atoms with E-state index in [1.165, 1.54) is 88.8 Å². The number of carbonyl (C=O) groups excluding carboxylic acids is 1. The van der Waals surface area contributed by atoms with Gasteiger partial charge < -0.3 is 9.32 Å². The highest BCUT2D eigenvalue weighted by Gasteiger charge is 2.31. The molecule has 3 rings (SSSR count). The van der Waals surface area contributed by atoms with Gasteiger partial charge in [0.15, 0.2) is 5.88 Å². The molecular weight excluding hydrogens is 424 g/mol. The van der Waals surface area contributed by atoms with Gasteiger partial charge in [-0.05, 0) is 31.7 Å². The number of rotatable bonds is 13. The number of furan rings is 1. The molecule has 0 aliphatic carbocycles. The zero-order valence-electron chi connectivity index (χ0n) is 19.1. The molecule has 4 nitrogen and oxygen atoms in total. The molecule has 0 radical (unpaired) electrons. The van der Waals surface area contributed by atoms with Crippen LogP contribution >= 0.6 is 24.0 Å². The van der Waals surface area contributed by atoms with Crippen molar-refractivity contribution >= 4 is 46.2 Å². The number of nitrogens with zero attached hydrogens (tertiary/aromatic N) is 2. The highest BCUT2D eigenvalue weighted by molar-refractivity contribution is 8.26. The fourth-order valence-electron chi connectivity index (χ4n) is 4.28. The van der Waals surface area contributed by atoms with Crippen LogP contribution < -0.4 is 4.90 Å². The van der Waals surface area contributed by atoms with Gasteiger partial charge in [0.1, 0.15) is 10.1 Å². The Morgan fingerprint density at radius 1 is 0.968 bits per heavy atom. The van der Waals surface area contributed by atoms with Gasteiger partial charge in [0, 0.05) is 31.8 Å². The predicted octanol–water partition coefficient (Wildman–Crippen LogP) is 7.39. The van der Waals surface area contributed by atoms with Crippen LogP contribution in [0.15, 0.2) is 21.5 Å². The minimum atomic E-state index is 0.0295. The first-order chi connectivity index (χ1) is 15.2. The van der Waals surface area contributed by atoms with E-state index in [2.05, 4.69) is 11.8 Å². The highest BCUT2D eigenvalue weighted by atomic mass is 32.2. The average Bonchev–Trinajstić information content (AvgIpc) is 3.35. The van der Waals surface area contributed by atoms with Crippen molar-refractivity contribution in [2.24, 2.45) is 0 Å². The summed E-state index contributed by atoms with van der Waals surface area (Å²) in [5.41, 5.74) is 0. The van der Waals surface area contributed by atoms with Crippen molar-refractivity contribution in [2.75, 3.05) is 24.5 Å². The number of amides is 1. The SMILES string of the molecule is CCCCCCCCCCCCN1C(=O)/C(=C/c2ccc(N3CCCCC3)o2)SC1=S. The molecule has 0 aromatic carbocycles. The van der Waals surface area contributed by atoms with Gasteiger partial charge in [-0.2, -0.15) is 0 Å². The summed E-state index contributed by atoms with van der Waals surface area (Å²) >= 11 is 6.87. The van der Waals surface area contributed by atoms with Crippen LogP contribution in [0, 0.1) is 0 Å². The Balaban J connectivity index is 1.38. The largest absolute Gasteiger partial charge is 0.441 e. The van der Waals surface area contributed by atoms with Crippen LogP contribution in [-0.4, -0.2) is 34.8 Å². The van der Waals surface area contributed by atoms with Crippen molar-refractivity contribution in [3.05, 3.63) is 22.8 Å². The van der Waals surface area contributed by atoms with Crippen molar-refractivity contribution in [2.45, 2.75) is 90.4 Å². The van der Waals surface area contributed by atoms with E-state index in [-0.39, 0.29) is 5.91 Å². The molecule has 0 spiro atoms. The summed E-state index contributed by atoms with van der Waals surface area (Å²) in [6.07, 6.45) is 18.5. The number of anilines is 1. The molecule has 2 aliphatic rings. The molecule has 2 aliphatic heterocycles. The summed E-state index contributed by atoms with van der Waals surface area (Å²) in [6.45, 7) is 5.09. The lowest BCUT2D eigenvalue weighted by Gasteiger charge is -2.25. The van der Waals surface area contributed by atoms with E-state index < -0.39 is 0 Å². The number of thioether (sulfide) groups is 1.